The molecule has 9 heteroatoms. The lowest BCUT2D eigenvalue weighted by Gasteiger charge is -2.15. The number of carbonyl (C=O) groups is 2. The lowest BCUT2D eigenvalue weighted by atomic mass is 10.2. The Morgan fingerprint density at radius 3 is 2.19 bits per heavy atom. The highest BCUT2D eigenvalue weighted by molar-refractivity contribution is 7.91. The van der Waals surface area contributed by atoms with E-state index in [1.807, 2.05) is 0 Å². The second kappa shape index (κ2) is 7.43. The molecule has 0 aromatic heterocycles. The van der Waals surface area contributed by atoms with Gasteiger partial charge in [-0.05, 0) is 55.0 Å². The zero-order valence-electron chi connectivity index (χ0n) is 14.0. The van der Waals surface area contributed by atoms with E-state index in [0.717, 1.165) is 30.7 Å². The molecule has 142 valence electrons. The number of halogens is 2. The number of amides is 1. The van der Waals surface area contributed by atoms with Crippen LogP contribution in [0.2, 0.25) is 0 Å². The second-order valence-electron chi connectivity index (χ2n) is 5.86. The first-order chi connectivity index (χ1) is 12.8. The Kier molecular flexibility index (Phi) is 5.22. The van der Waals surface area contributed by atoms with Crippen molar-refractivity contribution in [3.8, 4) is 5.75 Å². The van der Waals surface area contributed by atoms with Gasteiger partial charge in [-0.2, -0.15) is 8.78 Å². The van der Waals surface area contributed by atoms with Gasteiger partial charge in [-0.3, -0.25) is 4.79 Å². The SMILES string of the molecule is O=C(Oc1ccc(N2CCCC2=O)cc1)c1ccc(S(=O)(=O)C(F)F)cc1. The Hall–Kier alpha value is -2.81. The molecule has 3 rings (SSSR count). The van der Waals surface area contributed by atoms with Gasteiger partial charge in [0.05, 0.1) is 10.5 Å². The predicted octanol–water partition coefficient (Wildman–Crippen LogP) is 3.03. The fourth-order valence-corrected chi connectivity index (χ4v) is 3.39. The molecule has 2 aromatic carbocycles. The van der Waals surface area contributed by atoms with Gasteiger partial charge in [0, 0.05) is 18.7 Å². The van der Waals surface area contributed by atoms with Gasteiger partial charge in [0.15, 0.2) is 0 Å². The van der Waals surface area contributed by atoms with E-state index >= 15 is 0 Å². The quantitative estimate of drug-likeness (QED) is 0.574. The third kappa shape index (κ3) is 3.97. The Labute approximate surface area is 154 Å². The standard InChI is InChI=1S/C18H15F2NO5S/c19-18(20)27(24,25)15-9-3-12(4-10-15)17(23)26-14-7-5-13(6-8-14)21-11-1-2-16(21)22/h3-10,18H,1-2,11H2. The van der Waals surface area contributed by atoms with Crippen LogP contribution in [0.4, 0.5) is 14.5 Å². The van der Waals surface area contributed by atoms with E-state index in [0.29, 0.717) is 18.7 Å². The molecule has 1 aliphatic rings. The van der Waals surface area contributed by atoms with Crippen molar-refractivity contribution in [2.24, 2.45) is 0 Å². The predicted molar refractivity (Wildman–Crippen MR) is 92.6 cm³/mol. The van der Waals surface area contributed by atoms with Crippen molar-refractivity contribution in [3.05, 3.63) is 54.1 Å². The number of anilines is 1. The number of carbonyl (C=O) groups excluding carboxylic acids is 2. The van der Waals surface area contributed by atoms with E-state index < -0.39 is 26.5 Å². The Bertz CT molecular complexity index is 956. The number of benzene rings is 2. The first kappa shape index (κ1) is 19.0. The fourth-order valence-electron chi connectivity index (χ4n) is 2.66. The summed E-state index contributed by atoms with van der Waals surface area (Å²) in [5.74, 6) is -4.02. The molecule has 0 unspecified atom stereocenters. The molecule has 1 saturated heterocycles. The number of hydrogen-bond donors (Lipinski definition) is 0. The summed E-state index contributed by atoms with van der Waals surface area (Å²) in [6.45, 7) is 0.645. The van der Waals surface area contributed by atoms with Crippen molar-refractivity contribution in [3.63, 3.8) is 0 Å². The molecule has 0 bridgehead atoms. The highest BCUT2D eigenvalue weighted by Crippen LogP contribution is 2.25. The molecular weight excluding hydrogens is 380 g/mol. The van der Waals surface area contributed by atoms with Crippen molar-refractivity contribution in [2.45, 2.75) is 23.5 Å². The lowest BCUT2D eigenvalue weighted by Crippen LogP contribution is -2.23. The molecule has 0 saturated carbocycles. The molecule has 0 N–H and O–H groups in total. The van der Waals surface area contributed by atoms with Crippen molar-refractivity contribution < 1.29 is 31.5 Å². The largest absolute Gasteiger partial charge is 0.423 e. The van der Waals surface area contributed by atoms with Crippen LogP contribution in [0.1, 0.15) is 23.2 Å². The summed E-state index contributed by atoms with van der Waals surface area (Å²) >= 11 is 0. The summed E-state index contributed by atoms with van der Waals surface area (Å²) < 4.78 is 52.9. The number of ether oxygens (including phenoxy) is 1. The molecule has 1 aliphatic heterocycles. The highest BCUT2D eigenvalue weighted by Gasteiger charge is 2.26. The molecule has 0 atom stereocenters. The van der Waals surface area contributed by atoms with Crippen LogP contribution in [-0.2, 0) is 14.6 Å². The highest BCUT2D eigenvalue weighted by atomic mass is 32.2. The maximum atomic E-state index is 12.5. The molecule has 6 nitrogen and oxygen atoms in total. The summed E-state index contributed by atoms with van der Waals surface area (Å²) in [5, 5.41) is 0. The van der Waals surface area contributed by atoms with Crippen LogP contribution in [0.3, 0.4) is 0 Å². The van der Waals surface area contributed by atoms with Crippen LogP contribution in [0.15, 0.2) is 53.4 Å². The van der Waals surface area contributed by atoms with Crippen molar-refractivity contribution in [2.75, 3.05) is 11.4 Å². The minimum Gasteiger partial charge on any atom is -0.423 e. The minimum atomic E-state index is -4.71. The number of rotatable bonds is 5. The number of sulfone groups is 1. The third-order valence-corrected chi connectivity index (χ3v) is 5.48. The Morgan fingerprint density at radius 2 is 1.67 bits per heavy atom. The molecule has 27 heavy (non-hydrogen) atoms. The number of hydrogen-bond acceptors (Lipinski definition) is 5. The maximum absolute atomic E-state index is 12.5. The molecular formula is C18H15F2NO5S. The summed E-state index contributed by atoms with van der Waals surface area (Å²) in [4.78, 5) is 24.9. The summed E-state index contributed by atoms with van der Waals surface area (Å²) in [6, 6.07) is 10.5. The number of nitrogens with zero attached hydrogens (tertiary/aromatic N) is 1. The van der Waals surface area contributed by atoms with E-state index in [-0.39, 0.29) is 17.2 Å². The smallest absolute Gasteiger partial charge is 0.343 e. The summed E-state index contributed by atoms with van der Waals surface area (Å²) in [5.41, 5.74) is 0.723. The Balaban J connectivity index is 1.69. The van der Waals surface area contributed by atoms with Gasteiger partial charge in [-0.1, -0.05) is 0 Å². The van der Waals surface area contributed by atoms with Crippen LogP contribution in [0, 0.1) is 0 Å². The van der Waals surface area contributed by atoms with Crippen LogP contribution >= 0.6 is 0 Å². The van der Waals surface area contributed by atoms with Crippen LogP contribution < -0.4 is 9.64 Å². The maximum Gasteiger partial charge on any atom is 0.343 e. The first-order valence-corrected chi connectivity index (χ1v) is 9.58. The van der Waals surface area contributed by atoms with E-state index in [2.05, 4.69) is 0 Å². The minimum absolute atomic E-state index is 0.0158. The van der Waals surface area contributed by atoms with Gasteiger partial charge in [0.1, 0.15) is 5.75 Å². The van der Waals surface area contributed by atoms with Gasteiger partial charge < -0.3 is 9.64 Å². The molecule has 0 spiro atoms. The van der Waals surface area contributed by atoms with Crippen LogP contribution in [0.5, 0.6) is 5.75 Å². The number of esters is 1. The third-order valence-electron chi connectivity index (χ3n) is 4.09. The summed E-state index contributed by atoms with van der Waals surface area (Å²) in [7, 11) is -4.71. The van der Waals surface area contributed by atoms with Gasteiger partial charge in [0.2, 0.25) is 15.7 Å². The van der Waals surface area contributed by atoms with Crippen molar-refractivity contribution in [1.29, 1.82) is 0 Å². The van der Waals surface area contributed by atoms with Gasteiger partial charge in [-0.15, -0.1) is 0 Å². The molecule has 1 fully saturated rings. The topological polar surface area (TPSA) is 80.8 Å². The van der Waals surface area contributed by atoms with Crippen LogP contribution in [-0.4, -0.2) is 32.6 Å². The van der Waals surface area contributed by atoms with Crippen molar-refractivity contribution in [1.82, 2.24) is 0 Å². The molecule has 0 aliphatic carbocycles. The average molecular weight is 395 g/mol. The van der Waals surface area contributed by atoms with E-state index in [9.17, 15) is 26.8 Å². The second-order valence-corrected chi connectivity index (χ2v) is 7.78. The zero-order valence-corrected chi connectivity index (χ0v) is 14.8. The van der Waals surface area contributed by atoms with Crippen molar-refractivity contribution >= 4 is 27.4 Å². The van der Waals surface area contributed by atoms with E-state index in [1.165, 1.54) is 12.1 Å². The van der Waals surface area contributed by atoms with Gasteiger partial charge in [0.25, 0.3) is 0 Å². The lowest BCUT2D eigenvalue weighted by molar-refractivity contribution is -0.117. The van der Waals surface area contributed by atoms with Gasteiger partial charge in [-0.25, -0.2) is 13.2 Å². The first-order valence-electron chi connectivity index (χ1n) is 8.04. The molecule has 1 amide bonds. The van der Waals surface area contributed by atoms with E-state index in [1.54, 1.807) is 17.0 Å². The zero-order chi connectivity index (χ0) is 19.6. The van der Waals surface area contributed by atoms with Crippen LogP contribution in [0.25, 0.3) is 0 Å². The average Bonchev–Trinajstić information content (AvgIpc) is 3.08. The van der Waals surface area contributed by atoms with E-state index in [4.69, 9.17) is 4.74 Å². The fraction of sp³-hybridized carbons (Fsp3) is 0.222. The molecule has 2 aromatic rings. The molecule has 1 heterocycles. The normalized spacial score (nSPS) is 14.6. The Morgan fingerprint density at radius 1 is 1.04 bits per heavy atom. The summed E-state index contributed by atoms with van der Waals surface area (Å²) in [6.07, 6.45) is 1.31. The monoisotopic (exact) mass is 395 g/mol. The molecule has 0 radical (unpaired) electrons. The number of alkyl halides is 2. The van der Waals surface area contributed by atoms with Gasteiger partial charge >= 0.3 is 11.7 Å².